The Labute approximate surface area is 136 Å². The molecule has 0 amide bonds. The Morgan fingerprint density at radius 1 is 1.12 bits per heavy atom. The Hall–Kier alpha value is -3.79. The normalized spacial score (nSPS) is 11.0. The summed E-state index contributed by atoms with van der Waals surface area (Å²) < 4.78 is 5.54. The Morgan fingerprint density at radius 3 is 2.46 bits per heavy atom. The van der Waals surface area contributed by atoms with Crippen LogP contribution in [0.3, 0.4) is 0 Å². The predicted molar refractivity (Wildman–Crippen MR) is 86.3 cm³/mol. The molecule has 7 nitrogen and oxygen atoms in total. The van der Waals surface area contributed by atoms with E-state index in [1.807, 2.05) is 36.4 Å². The number of aromatic nitrogens is 2. The van der Waals surface area contributed by atoms with E-state index in [2.05, 4.69) is 10.2 Å². The Bertz CT molecular complexity index is 938. The highest BCUT2D eigenvalue weighted by Crippen LogP contribution is 2.23. The average molecular weight is 318 g/mol. The lowest BCUT2D eigenvalue weighted by Crippen LogP contribution is -1.87. The van der Waals surface area contributed by atoms with Gasteiger partial charge in [0.2, 0.25) is 5.89 Å². The van der Waals surface area contributed by atoms with Crippen molar-refractivity contribution < 1.29 is 9.34 Å². The minimum absolute atomic E-state index is 0.0187. The molecule has 0 radical (unpaired) electrons. The molecule has 0 saturated heterocycles. The van der Waals surface area contributed by atoms with E-state index in [1.54, 1.807) is 12.1 Å². The highest BCUT2D eigenvalue weighted by atomic mass is 16.6. The van der Waals surface area contributed by atoms with Crippen molar-refractivity contribution in [3.63, 3.8) is 0 Å². The molecule has 1 aromatic heterocycles. The van der Waals surface area contributed by atoms with Gasteiger partial charge in [0.15, 0.2) is 0 Å². The molecule has 3 aromatic rings. The van der Waals surface area contributed by atoms with Crippen molar-refractivity contribution in [3.8, 4) is 17.5 Å². The summed E-state index contributed by atoms with van der Waals surface area (Å²) in [6.07, 6.45) is 1.53. The van der Waals surface area contributed by atoms with Gasteiger partial charge in [-0.05, 0) is 35.9 Å². The fourth-order valence-electron chi connectivity index (χ4n) is 2.03. The summed E-state index contributed by atoms with van der Waals surface area (Å²) >= 11 is 0. The van der Waals surface area contributed by atoms with Gasteiger partial charge in [0, 0.05) is 17.7 Å². The summed E-state index contributed by atoms with van der Waals surface area (Å²) in [5, 5.41) is 27.8. The first-order valence-corrected chi connectivity index (χ1v) is 6.93. The fraction of sp³-hybridized carbons (Fsp3) is 0. The molecule has 0 atom stereocenters. The van der Waals surface area contributed by atoms with E-state index < -0.39 is 4.92 Å². The summed E-state index contributed by atoms with van der Waals surface area (Å²) in [6.45, 7) is 0. The predicted octanol–water partition coefficient (Wildman–Crippen LogP) is 3.71. The quantitative estimate of drug-likeness (QED) is 0.412. The molecule has 116 valence electrons. The van der Waals surface area contributed by atoms with Crippen LogP contribution in [-0.4, -0.2) is 15.1 Å². The summed E-state index contributed by atoms with van der Waals surface area (Å²) in [7, 11) is 0. The van der Waals surface area contributed by atoms with Gasteiger partial charge in [0.05, 0.1) is 4.92 Å². The van der Waals surface area contributed by atoms with Gasteiger partial charge in [-0.1, -0.05) is 18.2 Å². The van der Waals surface area contributed by atoms with E-state index in [0.717, 1.165) is 5.56 Å². The molecule has 0 unspecified atom stereocenters. The summed E-state index contributed by atoms with van der Waals surface area (Å²) in [5.74, 6) is 0.408. The van der Waals surface area contributed by atoms with Crippen LogP contribution in [0, 0.1) is 21.4 Å². The summed E-state index contributed by atoms with van der Waals surface area (Å²) in [4.78, 5) is 10.2. The van der Waals surface area contributed by atoms with Crippen molar-refractivity contribution in [1.29, 1.82) is 5.26 Å². The van der Waals surface area contributed by atoms with E-state index >= 15 is 0 Å². The molecule has 0 fully saturated rings. The lowest BCUT2D eigenvalue weighted by Gasteiger charge is -1.95. The molecular weight excluding hydrogens is 308 g/mol. The number of nitriles is 1. The molecule has 7 heteroatoms. The minimum atomic E-state index is -0.483. The largest absolute Gasteiger partial charge is 0.415 e. The van der Waals surface area contributed by atoms with Gasteiger partial charge < -0.3 is 4.42 Å². The van der Waals surface area contributed by atoms with Crippen molar-refractivity contribution in [3.05, 3.63) is 76.2 Å². The van der Waals surface area contributed by atoms with Crippen molar-refractivity contribution in [2.24, 2.45) is 0 Å². The second-order valence-corrected chi connectivity index (χ2v) is 4.80. The summed E-state index contributed by atoms with van der Waals surface area (Å²) in [6, 6.07) is 17.0. The number of nitro benzene ring substituents is 1. The van der Waals surface area contributed by atoms with Gasteiger partial charge in [-0.25, -0.2) is 0 Å². The zero-order valence-electron chi connectivity index (χ0n) is 12.3. The first kappa shape index (κ1) is 15.1. The number of hydrogen-bond donors (Lipinski definition) is 0. The third-order valence-electron chi connectivity index (χ3n) is 3.21. The Balaban J connectivity index is 1.90. The first-order valence-electron chi connectivity index (χ1n) is 6.93. The number of allylic oxidation sites excluding steroid dienone is 1. The van der Waals surface area contributed by atoms with Gasteiger partial charge >= 0.3 is 0 Å². The van der Waals surface area contributed by atoms with Crippen LogP contribution in [0.25, 0.3) is 23.1 Å². The van der Waals surface area contributed by atoms with Gasteiger partial charge in [0.25, 0.3) is 11.6 Å². The first-order chi connectivity index (χ1) is 11.7. The van der Waals surface area contributed by atoms with E-state index in [-0.39, 0.29) is 17.2 Å². The van der Waals surface area contributed by atoms with Crippen LogP contribution in [0.5, 0.6) is 0 Å². The number of rotatable bonds is 4. The lowest BCUT2D eigenvalue weighted by atomic mass is 10.1. The van der Waals surface area contributed by atoms with Crippen LogP contribution in [0.2, 0.25) is 0 Å². The van der Waals surface area contributed by atoms with Crippen LogP contribution in [0.1, 0.15) is 11.5 Å². The van der Waals surface area contributed by atoms with Crippen molar-refractivity contribution in [2.75, 3.05) is 0 Å². The van der Waals surface area contributed by atoms with Gasteiger partial charge in [0.1, 0.15) is 11.6 Å². The molecule has 0 aliphatic rings. The standard InChI is InChI=1S/C17H10N4O3/c18-11-14(10-12-6-8-15(9-7-12)21(22)23)17-20-19-16(24-17)13-4-2-1-3-5-13/h1-10H/b14-10+. The molecule has 3 rings (SSSR count). The van der Waals surface area contributed by atoms with Crippen molar-refractivity contribution >= 4 is 17.3 Å². The smallest absolute Gasteiger partial charge is 0.269 e. The molecule has 2 aromatic carbocycles. The molecular formula is C17H10N4O3. The number of non-ortho nitro benzene ring substituents is 1. The van der Waals surface area contributed by atoms with Crippen LogP contribution >= 0.6 is 0 Å². The third kappa shape index (κ3) is 3.18. The summed E-state index contributed by atoms with van der Waals surface area (Å²) in [5.41, 5.74) is 1.54. The van der Waals surface area contributed by atoms with Crippen molar-refractivity contribution in [2.45, 2.75) is 0 Å². The maximum atomic E-state index is 10.7. The molecule has 0 bridgehead atoms. The monoisotopic (exact) mass is 318 g/mol. The second kappa shape index (κ2) is 6.54. The highest BCUT2D eigenvalue weighted by Gasteiger charge is 2.13. The number of nitro groups is 1. The SMILES string of the molecule is N#C/C(=C\c1ccc([N+](=O)[O-])cc1)c1nnc(-c2ccccc2)o1. The molecule has 0 spiro atoms. The van der Waals surface area contributed by atoms with E-state index in [4.69, 9.17) is 4.42 Å². The van der Waals surface area contributed by atoms with Gasteiger partial charge in [-0.15, -0.1) is 10.2 Å². The van der Waals surface area contributed by atoms with E-state index in [0.29, 0.717) is 11.5 Å². The van der Waals surface area contributed by atoms with Gasteiger partial charge in [-0.2, -0.15) is 5.26 Å². The van der Waals surface area contributed by atoms with Crippen LogP contribution in [0.15, 0.2) is 59.0 Å². The molecule has 0 saturated carbocycles. The van der Waals surface area contributed by atoms with Crippen LogP contribution in [-0.2, 0) is 0 Å². The molecule has 1 heterocycles. The second-order valence-electron chi connectivity index (χ2n) is 4.80. The third-order valence-corrected chi connectivity index (χ3v) is 3.21. The number of nitrogens with zero attached hydrogens (tertiary/aromatic N) is 4. The highest BCUT2D eigenvalue weighted by molar-refractivity contribution is 5.86. The molecule has 0 aliphatic carbocycles. The Kier molecular flexibility index (Phi) is 4.12. The molecule has 0 N–H and O–H groups in total. The molecule has 0 aliphatic heterocycles. The fourth-order valence-corrected chi connectivity index (χ4v) is 2.03. The van der Waals surface area contributed by atoms with Crippen molar-refractivity contribution in [1.82, 2.24) is 10.2 Å². The topological polar surface area (TPSA) is 106 Å². The number of hydrogen-bond acceptors (Lipinski definition) is 6. The number of benzene rings is 2. The van der Waals surface area contributed by atoms with Gasteiger partial charge in [-0.3, -0.25) is 10.1 Å². The average Bonchev–Trinajstić information content (AvgIpc) is 3.11. The zero-order valence-corrected chi connectivity index (χ0v) is 12.3. The lowest BCUT2D eigenvalue weighted by molar-refractivity contribution is -0.384. The van der Waals surface area contributed by atoms with E-state index in [9.17, 15) is 15.4 Å². The molecule has 24 heavy (non-hydrogen) atoms. The Morgan fingerprint density at radius 2 is 1.83 bits per heavy atom. The van der Waals surface area contributed by atoms with Crippen LogP contribution < -0.4 is 0 Å². The maximum Gasteiger partial charge on any atom is 0.269 e. The maximum absolute atomic E-state index is 10.7. The zero-order chi connectivity index (χ0) is 16.9. The minimum Gasteiger partial charge on any atom is -0.415 e. The van der Waals surface area contributed by atoms with Crippen LogP contribution in [0.4, 0.5) is 5.69 Å². The van der Waals surface area contributed by atoms with E-state index in [1.165, 1.54) is 18.2 Å².